The normalized spacial score (nSPS) is 16.4. The highest BCUT2D eigenvalue weighted by molar-refractivity contribution is 8.29. The first-order valence-electron chi connectivity index (χ1n) is 14.5. The molecule has 2 N–H and O–H groups in total. The molecule has 0 unspecified atom stereocenters. The second-order valence-corrected chi connectivity index (χ2v) is 16.2. The van der Waals surface area contributed by atoms with E-state index in [1.807, 2.05) is 0 Å². The van der Waals surface area contributed by atoms with E-state index in [4.69, 9.17) is 94.0 Å². The highest BCUT2D eigenvalue weighted by Gasteiger charge is 2.41. The lowest BCUT2D eigenvalue weighted by atomic mass is 10.1. The summed E-state index contributed by atoms with van der Waals surface area (Å²) in [5.74, 6) is -1.10. The molecule has 256 valence electrons. The number of carbonyl (C=O) groups is 4. The number of carbonyl (C=O) groups excluding carboxylic acids is 4. The summed E-state index contributed by atoms with van der Waals surface area (Å²) in [6.07, 6.45) is 4.21. The minimum atomic E-state index is -0.328. The van der Waals surface area contributed by atoms with E-state index >= 15 is 0 Å². The summed E-state index contributed by atoms with van der Waals surface area (Å²) in [5, 5.41) is 7.17. The molecule has 18 heteroatoms. The number of hydrogen-bond donors (Lipinski definition) is 2. The van der Waals surface area contributed by atoms with Gasteiger partial charge in [0.05, 0.1) is 51.3 Å². The van der Waals surface area contributed by atoms with Crippen LogP contribution in [-0.2, 0) is 19.2 Å². The number of nitrogens with zero attached hydrogens (tertiary/aromatic N) is 2. The van der Waals surface area contributed by atoms with E-state index in [0.29, 0.717) is 81.7 Å². The third kappa shape index (κ3) is 10.4. The Morgan fingerprint density at radius 1 is 0.562 bits per heavy atom. The number of rotatable bonds is 14. The number of thioether (sulfide) groups is 2. The lowest BCUT2D eigenvalue weighted by Gasteiger charge is -2.15. The fraction of sp³-hybridized carbons (Fsp3) is 0.333. The molecule has 2 saturated heterocycles. The van der Waals surface area contributed by atoms with Crippen LogP contribution in [0.25, 0.3) is 0 Å². The fourth-order valence-corrected chi connectivity index (χ4v) is 8.54. The van der Waals surface area contributed by atoms with Gasteiger partial charge in [-0.1, -0.05) is 130 Å². The maximum atomic E-state index is 13.2. The van der Waals surface area contributed by atoms with Crippen LogP contribution in [0.4, 0.5) is 11.4 Å². The standard InChI is InChI=1S/C30H26Cl6N4O4S4/c31-15-11-19(35)21(13-17(15)33)37-23(41)7-3-1-5-9-39-27(43)25(47-29(39)45)26-28(44)40(30(46)48-26)10-6-2-4-8-24(42)38-22-14-18(34)16(32)12-20(22)36/h11-14H,1-10H2,(H,37,41)(H,38,42)/b26-25+. The summed E-state index contributed by atoms with van der Waals surface area (Å²) in [5.41, 5.74) is 0.763. The molecule has 4 amide bonds. The highest BCUT2D eigenvalue weighted by atomic mass is 35.5. The van der Waals surface area contributed by atoms with E-state index in [1.165, 1.54) is 34.1 Å². The van der Waals surface area contributed by atoms with Crippen molar-refractivity contribution in [3.05, 3.63) is 64.2 Å². The van der Waals surface area contributed by atoms with Crippen LogP contribution < -0.4 is 10.6 Å². The van der Waals surface area contributed by atoms with E-state index in [-0.39, 0.29) is 66.4 Å². The van der Waals surface area contributed by atoms with E-state index < -0.39 is 0 Å². The summed E-state index contributed by atoms with van der Waals surface area (Å²) in [6.45, 7) is 0.721. The second kappa shape index (κ2) is 18.3. The van der Waals surface area contributed by atoms with Gasteiger partial charge in [0.15, 0.2) is 0 Å². The van der Waals surface area contributed by atoms with Gasteiger partial charge in [-0.15, -0.1) is 0 Å². The zero-order valence-electron chi connectivity index (χ0n) is 24.8. The van der Waals surface area contributed by atoms with Crippen molar-refractivity contribution < 1.29 is 19.2 Å². The molecule has 2 aromatic carbocycles. The molecule has 2 heterocycles. The van der Waals surface area contributed by atoms with Crippen LogP contribution in [0.3, 0.4) is 0 Å². The molecule has 8 nitrogen and oxygen atoms in total. The van der Waals surface area contributed by atoms with E-state index in [0.717, 1.165) is 23.5 Å². The quantitative estimate of drug-likeness (QED) is 0.0840. The lowest BCUT2D eigenvalue weighted by Crippen LogP contribution is -2.31. The van der Waals surface area contributed by atoms with Crippen LogP contribution in [0.15, 0.2) is 34.1 Å². The van der Waals surface area contributed by atoms with E-state index in [1.54, 1.807) is 0 Å². The predicted molar refractivity (Wildman–Crippen MR) is 208 cm³/mol. The second-order valence-electron chi connectivity index (χ2n) is 10.5. The molecule has 0 radical (unpaired) electrons. The van der Waals surface area contributed by atoms with Crippen molar-refractivity contribution in [1.82, 2.24) is 9.80 Å². The zero-order chi connectivity index (χ0) is 35.1. The van der Waals surface area contributed by atoms with Crippen LogP contribution in [-0.4, -0.2) is 55.2 Å². The maximum absolute atomic E-state index is 13.2. The number of hydrogen-bond acceptors (Lipinski definition) is 8. The van der Waals surface area contributed by atoms with Gasteiger partial charge >= 0.3 is 0 Å². The Balaban J connectivity index is 1.18. The van der Waals surface area contributed by atoms with Crippen LogP contribution in [0.1, 0.15) is 51.4 Å². The summed E-state index contributed by atoms with van der Waals surface area (Å²) in [4.78, 5) is 54.7. The molecule has 2 aliphatic heterocycles. The largest absolute Gasteiger partial charge is 0.325 e. The average Bonchev–Trinajstić information content (AvgIpc) is 3.46. The minimum absolute atomic E-state index is 0.223. The van der Waals surface area contributed by atoms with Gasteiger partial charge in [0.2, 0.25) is 11.8 Å². The van der Waals surface area contributed by atoms with Gasteiger partial charge in [0.25, 0.3) is 11.8 Å². The third-order valence-corrected chi connectivity index (χ3v) is 12.1. The highest BCUT2D eigenvalue weighted by Crippen LogP contribution is 2.42. The Labute approximate surface area is 326 Å². The number of amides is 4. The van der Waals surface area contributed by atoms with Gasteiger partial charge in [-0.3, -0.25) is 29.0 Å². The molecule has 2 aliphatic rings. The SMILES string of the molecule is O=C(CCCCCN1C(=O)/C(=C2\SC(=S)N(CCCCCC(=O)Nc3cc(Cl)c(Cl)cc3Cl)C2=O)SC1=S)Nc1cc(Cl)c(Cl)cc1Cl. The van der Waals surface area contributed by atoms with Gasteiger partial charge in [0.1, 0.15) is 8.64 Å². The Morgan fingerprint density at radius 2 is 0.917 bits per heavy atom. The van der Waals surface area contributed by atoms with Gasteiger partial charge in [-0.2, -0.15) is 0 Å². The minimum Gasteiger partial charge on any atom is -0.325 e. The monoisotopic (exact) mass is 844 g/mol. The van der Waals surface area contributed by atoms with Crippen LogP contribution in [0.2, 0.25) is 30.1 Å². The molecule has 0 saturated carbocycles. The number of halogens is 6. The van der Waals surface area contributed by atoms with Crippen molar-refractivity contribution >= 4 is 161 Å². The Morgan fingerprint density at radius 3 is 1.29 bits per heavy atom. The number of anilines is 2. The van der Waals surface area contributed by atoms with Crippen molar-refractivity contribution in [3.63, 3.8) is 0 Å². The molecule has 0 aliphatic carbocycles. The first-order chi connectivity index (χ1) is 22.8. The van der Waals surface area contributed by atoms with Crippen LogP contribution in [0.5, 0.6) is 0 Å². The van der Waals surface area contributed by atoms with E-state index in [9.17, 15) is 19.2 Å². The number of thiocarbonyl (C=S) groups is 2. The molecule has 48 heavy (non-hydrogen) atoms. The van der Waals surface area contributed by atoms with Gasteiger partial charge in [0, 0.05) is 25.9 Å². The molecule has 0 atom stereocenters. The van der Waals surface area contributed by atoms with Gasteiger partial charge in [-0.25, -0.2) is 0 Å². The summed E-state index contributed by atoms with van der Waals surface area (Å²) in [7, 11) is 0. The third-order valence-electron chi connectivity index (χ3n) is 7.04. The van der Waals surface area contributed by atoms with Gasteiger partial charge in [-0.05, 0) is 49.9 Å². The molecule has 0 bridgehead atoms. The van der Waals surface area contributed by atoms with Crippen molar-refractivity contribution in [2.75, 3.05) is 23.7 Å². The summed E-state index contributed by atoms with van der Waals surface area (Å²) >= 11 is 49.2. The Hall–Kier alpha value is -1.32. The first-order valence-corrected chi connectivity index (χ1v) is 19.2. The molecular weight excluding hydrogens is 821 g/mol. The number of nitrogens with one attached hydrogen (secondary N) is 2. The smallest absolute Gasteiger partial charge is 0.267 e. The van der Waals surface area contributed by atoms with Crippen molar-refractivity contribution in [2.24, 2.45) is 0 Å². The van der Waals surface area contributed by atoms with Crippen molar-refractivity contribution in [2.45, 2.75) is 51.4 Å². The Kier molecular flexibility index (Phi) is 15.0. The van der Waals surface area contributed by atoms with Crippen molar-refractivity contribution in [3.8, 4) is 0 Å². The summed E-state index contributed by atoms with van der Waals surface area (Å²) in [6, 6.07) is 5.92. The molecule has 0 spiro atoms. The maximum Gasteiger partial charge on any atom is 0.267 e. The average molecular weight is 848 g/mol. The molecular formula is C30H26Cl6N4O4S4. The Bertz CT molecular complexity index is 1590. The zero-order valence-corrected chi connectivity index (χ0v) is 32.6. The predicted octanol–water partition coefficient (Wildman–Crippen LogP) is 10.2. The molecule has 0 aromatic heterocycles. The van der Waals surface area contributed by atoms with Crippen LogP contribution >= 0.6 is 118 Å². The number of unbranched alkanes of at least 4 members (excludes halogenated alkanes) is 4. The molecule has 2 aromatic rings. The van der Waals surface area contributed by atoms with Gasteiger partial charge < -0.3 is 10.6 Å². The number of benzene rings is 2. The molecule has 2 fully saturated rings. The van der Waals surface area contributed by atoms with E-state index in [2.05, 4.69) is 10.6 Å². The van der Waals surface area contributed by atoms with Crippen LogP contribution in [0, 0.1) is 0 Å². The summed E-state index contributed by atoms with van der Waals surface area (Å²) < 4.78 is 0.736. The first kappa shape index (κ1) is 39.5. The van der Waals surface area contributed by atoms with Crippen molar-refractivity contribution in [1.29, 1.82) is 0 Å². The topological polar surface area (TPSA) is 98.8 Å². The molecule has 4 rings (SSSR count). The fourth-order valence-electron chi connectivity index (χ4n) is 4.58. The lowest BCUT2D eigenvalue weighted by molar-refractivity contribution is -0.124.